The predicted molar refractivity (Wildman–Crippen MR) is 74.6 cm³/mol. The van der Waals surface area contributed by atoms with Crippen LogP contribution < -0.4 is 5.32 Å². The Balaban J connectivity index is 1.57. The summed E-state index contributed by atoms with van der Waals surface area (Å²) in [6, 6.07) is 0. The second-order valence-electron chi connectivity index (χ2n) is 6.79. The van der Waals surface area contributed by atoms with Crippen molar-refractivity contribution >= 4 is 0 Å². The van der Waals surface area contributed by atoms with Gasteiger partial charge in [-0.25, -0.2) is 0 Å². The first kappa shape index (κ1) is 16.1. The monoisotopic (exact) mass is 292 g/mol. The van der Waals surface area contributed by atoms with Gasteiger partial charge in [-0.1, -0.05) is 19.8 Å². The summed E-state index contributed by atoms with van der Waals surface area (Å²) in [7, 11) is 0. The van der Waals surface area contributed by atoms with Gasteiger partial charge in [0.1, 0.15) is 0 Å². The van der Waals surface area contributed by atoms with Crippen LogP contribution in [0.3, 0.4) is 0 Å². The minimum Gasteiger partial charge on any atom is -0.316 e. The van der Waals surface area contributed by atoms with Crippen LogP contribution in [-0.2, 0) is 0 Å². The van der Waals surface area contributed by atoms with Crippen LogP contribution in [0.15, 0.2) is 0 Å². The molecule has 0 bridgehead atoms. The zero-order valence-electron chi connectivity index (χ0n) is 12.4. The maximum absolute atomic E-state index is 12.3. The molecule has 0 amide bonds. The van der Waals surface area contributed by atoms with E-state index in [0.717, 1.165) is 31.3 Å². The van der Waals surface area contributed by atoms with Crippen LogP contribution in [0.1, 0.15) is 39.0 Å². The maximum Gasteiger partial charge on any atom is 0.401 e. The van der Waals surface area contributed by atoms with Crippen LogP contribution in [0.5, 0.6) is 0 Å². The molecule has 0 aromatic heterocycles. The Labute approximate surface area is 120 Å². The second kappa shape index (κ2) is 7.12. The highest BCUT2D eigenvalue weighted by molar-refractivity contribution is 4.79. The van der Waals surface area contributed by atoms with Crippen molar-refractivity contribution in [3.8, 4) is 0 Å². The van der Waals surface area contributed by atoms with Gasteiger partial charge in [0, 0.05) is 6.54 Å². The lowest BCUT2D eigenvalue weighted by atomic mass is 9.83. The first-order valence-electron chi connectivity index (χ1n) is 7.92. The van der Waals surface area contributed by atoms with Gasteiger partial charge in [-0.3, -0.25) is 4.90 Å². The van der Waals surface area contributed by atoms with Crippen molar-refractivity contribution in [1.29, 1.82) is 0 Å². The second-order valence-corrected chi connectivity index (χ2v) is 6.79. The molecule has 1 saturated carbocycles. The molecule has 0 radical (unpaired) electrons. The molecule has 118 valence electrons. The van der Waals surface area contributed by atoms with E-state index >= 15 is 0 Å². The van der Waals surface area contributed by atoms with Gasteiger partial charge in [0.25, 0.3) is 0 Å². The van der Waals surface area contributed by atoms with Gasteiger partial charge in [-0.05, 0) is 56.7 Å². The fourth-order valence-electron chi connectivity index (χ4n) is 3.50. The van der Waals surface area contributed by atoms with Crippen LogP contribution in [-0.4, -0.2) is 43.8 Å². The molecule has 1 aliphatic heterocycles. The molecule has 2 aliphatic rings. The van der Waals surface area contributed by atoms with Crippen molar-refractivity contribution in [3.05, 3.63) is 0 Å². The largest absolute Gasteiger partial charge is 0.401 e. The summed E-state index contributed by atoms with van der Waals surface area (Å²) in [5, 5.41) is 3.49. The molecule has 1 N–H and O–H groups in total. The molecule has 20 heavy (non-hydrogen) atoms. The zero-order valence-corrected chi connectivity index (χ0v) is 12.4. The lowest BCUT2D eigenvalue weighted by Crippen LogP contribution is -2.34. The number of alkyl halides is 3. The van der Waals surface area contributed by atoms with Crippen LogP contribution in [0.4, 0.5) is 13.2 Å². The average molecular weight is 292 g/mol. The summed E-state index contributed by atoms with van der Waals surface area (Å²) in [5.74, 6) is 2.04. The molecule has 1 aliphatic carbocycles. The van der Waals surface area contributed by atoms with Gasteiger partial charge in [0.2, 0.25) is 0 Å². The molecular formula is C15H27F3N2. The molecule has 2 fully saturated rings. The molecule has 2 rings (SSSR count). The average Bonchev–Trinajstić information content (AvgIpc) is 2.77. The number of nitrogens with zero attached hydrogens (tertiary/aromatic N) is 1. The van der Waals surface area contributed by atoms with E-state index in [1.807, 2.05) is 0 Å². The van der Waals surface area contributed by atoms with Crippen molar-refractivity contribution in [2.45, 2.75) is 45.2 Å². The van der Waals surface area contributed by atoms with E-state index in [4.69, 9.17) is 0 Å². The smallest absolute Gasteiger partial charge is 0.316 e. The first-order valence-corrected chi connectivity index (χ1v) is 7.92. The molecule has 2 nitrogen and oxygen atoms in total. The fraction of sp³-hybridized carbons (Fsp3) is 1.00. The predicted octanol–water partition coefficient (Wildman–Crippen LogP) is 3.29. The van der Waals surface area contributed by atoms with Crippen LogP contribution in [0.25, 0.3) is 0 Å². The molecule has 1 unspecified atom stereocenters. The van der Waals surface area contributed by atoms with Crippen molar-refractivity contribution in [1.82, 2.24) is 10.2 Å². The Bertz CT molecular complexity index is 285. The minimum atomic E-state index is -4.05. The topological polar surface area (TPSA) is 15.3 Å². The number of rotatable bonds is 5. The summed E-state index contributed by atoms with van der Waals surface area (Å²) >= 11 is 0. The van der Waals surface area contributed by atoms with Crippen molar-refractivity contribution in [2.75, 3.05) is 32.7 Å². The highest BCUT2D eigenvalue weighted by Gasteiger charge is 2.34. The third-order valence-electron chi connectivity index (χ3n) is 4.77. The molecular weight excluding hydrogens is 265 g/mol. The van der Waals surface area contributed by atoms with E-state index in [0.29, 0.717) is 19.0 Å². The van der Waals surface area contributed by atoms with Gasteiger partial charge in [-0.15, -0.1) is 0 Å². The highest BCUT2D eigenvalue weighted by Crippen LogP contribution is 2.28. The Hall–Kier alpha value is -0.290. The number of nitrogens with one attached hydrogen (secondary N) is 1. The molecule has 0 aromatic rings. The van der Waals surface area contributed by atoms with Gasteiger partial charge >= 0.3 is 6.18 Å². The summed E-state index contributed by atoms with van der Waals surface area (Å²) in [6.07, 6.45) is 2.11. The Morgan fingerprint density at radius 2 is 1.65 bits per heavy atom. The summed E-state index contributed by atoms with van der Waals surface area (Å²) < 4.78 is 36.9. The van der Waals surface area contributed by atoms with Crippen LogP contribution >= 0.6 is 0 Å². The number of halogens is 3. The van der Waals surface area contributed by atoms with Gasteiger partial charge in [0.15, 0.2) is 0 Å². The summed E-state index contributed by atoms with van der Waals surface area (Å²) in [4.78, 5) is 1.54. The Kier molecular flexibility index (Phi) is 5.73. The normalized spacial score (nSPS) is 32.7. The fourth-order valence-corrected chi connectivity index (χ4v) is 3.50. The number of hydrogen-bond acceptors (Lipinski definition) is 2. The first-order chi connectivity index (χ1) is 9.42. The molecule has 1 heterocycles. The van der Waals surface area contributed by atoms with E-state index < -0.39 is 12.7 Å². The van der Waals surface area contributed by atoms with Crippen LogP contribution in [0, 0.1) is 17.8 Å². The molecule has 5 heteroatoms. The lowest BCUT2D eigenvalue weighted by molar-refractivity contribution is -0.143. The third-order valence-corrected chi connectivity index (χ3v) is 4.77. The molecule has 0 aromatic carbocycles. The number of hydrogen-bond donors (Lipinski definition) is 1. The highest BCUT2D eigenvalue weighted by atomic mass is 19.4. The SMILES string of the molecule is CC1CCC(CNCC2CCN(CC(F)(F)F)C2)CC1. The molecule has 0 spiro atoms. The molecule has 1 atom stereocenters. The van der Waals surface area contributed by atoms with E-state index in [9.17, 15) is 13.2 Å². The van der Waals surface area contributed by atoms with Gasteiger partial charge in [0.05, 0.1) is 6.54 Å². The molecule has 1 saturated heterocycles. The van der Waals surface area contributed by atoms with Crippen molar-refractivity contribution in [3.63, 3.8) is 0 Å². The Morgan fingerprint density at radius 1 is 1.00 bits per heavy atom. The van der Waals surface area contributed by atoms with Gasteiger partial charge in [-0.2, -0.15) is 13.2 Å². The van der Waals surface area contributed by atoms with Crippen molar-refractivity contribution in [2.24, 2.45) is 17.8 Å². The lowest BCUT2D eigenvalue weighted by Gasteiger charge is -2.26. The summed E-state index contributed by atoms with van der Waals surface area (Å²) in [5.41, 5.74) is 0. The van der Waals surface area contributed by atoms with E-state index in [2.05, 4.69) is 12.2 Å². The van der Waals surface area contributed by atoms with E-state index in [1.165, 1.54) is 30.6 Å². The third kappa shape index (κ3) is 5.60. The van der Waals surface area contributed by atoms with E-state index in [-0.39, 0.29) is 0 Å². The standard InChI is InChI=1S/C15H27F3N2/c1-12-2-4-13(5-3-12)8-19-9-14-6-7-20(10-14)11-15(16,17)18/h12-14,19H,2-11H2,1H3. The van der Waals surface area contributed by atoms with E-state index in [1.54, 1.807) is 0 Å². The van der Waals surface area contributed by atoms with Crippen molar-refractivity contribution < 1.29 is 13.2 Å². The Morgan fingerprint density at radius 3 is 2.30 bits per heavy atom. The minimum absolute atomic E-state index is 0.389. The van der Waals surface area contributed by atoms with Gasteiger partial charge < -0.3 is 5.32 Å². The maximum atomic E-state index is 12.3. The summed E-state index contributed by atoms with van der Waals surface area (Å²) in [6.45, 7) is 4.67. The quantitative estimate of drug-likeness (QED) is 0.836. The zero-order chi connectivity index (χ0) is 14.6. The number of likely N-dealkylation sites (tertiary alicyclic amines) is 1. The van der Waals surface area contributed by atoms with Crippen LogP contribution in [0.2, 0.25) is 0 Å².